The molecular weight excluding hydrogens is 176 g/mol. The fourth-order valence-electron chi connectivity index (χ4n) is 1.27. The van der Waals surface area contributed by atoms with Crippen LogP contribution in [0.5, 0.6) is 0 Å². The highest BCUT2D eigenvalue weighted by Gasteiger charge is 1.94. The molecule has 3 nitrogen and oxygen atoms in total. The highest BCUT2D eigenvalue weighted by molar-refractivity contribution is 5.71. The Labute approximate surface area is 85.6 Å². The number of hydrogen-bond acceptors (Lipinski definition) is 3. The molecule has 0 saturated carbocycles. The van der Waals surface area contributed by atoms with E-state index in [1.807, 2.05) is 0 Å². The molecule has 0 aromatic carbocycles. The van der Waals surface area contributed by atoms with Crippen LogP contribution in [-0.4, -0.2) is 19.3 Å². The van der Waals surface area contributed by atoms with Crippen LogP contribution in [-0.2, 0) is 4.74 Å². The Morgan fingerprint density at radius 1 is 1.00 bits per heavy atom. The highest BCUT2D eigenvalue weighted by Crippen LogP contribution is 2.00. The van der Waals surface area contributed by atoms with Gasteiger partial charge in [0.05, 0.1) is 12.5 Å². The van der Waals surface area contributed by atoms with E-state index in [4.69, 9.17) is 4.74 Å². The van der Waals surface area contributed by atoms with Crippen molar-refractivity contribution in [2.75, 3.05) is 13.1 Å². The molecule has 1 N–H and O–H groups in total. The number of allylic oxidation sites excluding steroid dienone is 1. The molecule has 0 aliphatic carbocycles. The molecule has 3 heteroatoms. The minimum Gasteiger partial charge on any atom is -0.471 e. The van der Waals surface area contributed by atoms with Gasteiger partial charge in [0, 0.05) is 6.21 Å². The molecule has 1 fully saturated rings. The standard InChI is InChI=1S/C6H13N.C5H5NO/c1-2-4-6-7-5-3-1;1-2-6-3-5-7-4-1/h7H,1-6H2;1-5H. The number of nitrogens with zero attached hydrogens (tertiary/aromatic N) is 1. The number of ether oxygens (including phenoxy) is 1. The predicted molar refractivity (Wildman–Crippen MR) is 59.2 cm³/mol. The molecule has 2 aliphatic rings. The maximum Gasteiger partial charge on any atom is 0.108 e. The molecule has 0 spiro atoms. The lowest BCUT2D eigenvalue weighted by Crippen LogP contribution is -2.12. The first-order valence-electron chi connectivity index (χ1n) is 5.19. The minimum absolute atomic E-state index is 1.25. The molecule has 2 heterocycles. The summed E-state index contributed by atoms with van der Waals surface area (Å²) in [6.07, 6.45) is 13.7. The van der Waals surface area contributed by atoms with Crippen molar-refractivity contribution in [2.24, 2.45) is 4.99 Å². The van der Waals surface area contributed by atoms with Crippen LogP contribution in [0.25, 0.3) is 0 Å². The molecule has 0 radical (unpaired) electrons. The monoisotopic (exact) mass is 194 g/mol. The normalized spacial score (nSPS) is 20.0. The number of hydrogen-bond donors (Lipinski definition) is 1. The van der Waals surface area contributed by atoms with Gasteiger partial charge >= 0.3 is 0 Å². The van der Waals surface area contributed by atoms with Gasteiger partial charge < -0.3 is 10.1 Å². The summed E-state index contributed by atoms with van der Waals surface area (Å²) in [5.41, 5.74) is 0. The SMILES string of the molecule is C1=COC=CN=C1.C1CCCNCC1. The quantitative estimate of drug-likeness (QED) is 0.641. The zero-order valence-electron chi connectivity index (χ0n) is 8.48. The number of aliphatic imine (C=N–C) groups is 1. The fraction of sp³-hybridized carbons (Fsp3) is 0.545. The molecule has 2 aliphatic heterocycles. The lowest BCUT2D eigenvalue weighted by molar-refractivity contribution is 0.403. The Balaban J connectivity index is 0.000000140. The first kappa shape index (κ1) is 11.0. The van der Waals surface area contributed by atoms with Crippen LogP contribution in [0, 0.1) is 0 Å². The largest absolute Gasteiger partial charge is 0.471 e. The summed E-state index contributed by atoms with van der Waals surface area (Å²) in [6.45, 7) is 2.50. The molecule has 78 valence electrons. The Kier molecular flexibility index (Phi) is 6.68. The summed E-state index contributed by atoms with van der Waals surface area (Å²) in [6, 6.07) is 0. The summed E-state index contributed by atoms with van der Waals surface area (Å²) < 4.78 is 4.71. The van der Waals surface area contributed by atoms with Crippen molar-refractivity contribution in [3.05, 3.63) is 24.8 Å². The van der Waals surface area contributed by atoms with Crippen molar-refractivity contribution in [2.45, 2.75) is 25.7 Å². The average Bonchev–Trinajstić information content (AvgIpc) is 2.68. The first-order chi connectivity index (χ1) is 7.00. The van der Waals surface area contributed by atoms with Crippen LogP contribution in [0.1, 0.15) is 25.7 Å². The third-order valence-corrected chi connectivity index (χ3v) is 2.01. The molecule has 0 unspecified atom stereocenters. The van der Waals surface area contributed by atoms with Gasteiger partial charge in [-0.25, -0.2) is 0 Å². The van der Waals surface area contributed by atoms with E-state index < -0.39 is 0 Å². The lowest BCUT2D eigenvalue weighted by atomic mass is 10.2. The van der Waals surface area contributed by atoms with Gasteiger partial charge in [-0.1, -0.05) is 12.8 Å². The summed E-state index contributed by atoms with van der Waals surface area (Å²) in [5, 5.41) is 3.35. The molecule has 2 rings (SSSR count). The minimum atomic E-state index is 1.25. The van der Waals surface area contributed by atoms with Crippen LogP contribution in [0.3, 0.4) is 0 Å². The fourth-order valence-corrected chi connectivity index (χ4v) is 1.27. The highest BCUT2D eigenvalue weighted by atomic mass is 16.5. The van der Waals surface area contributed by atoms with Gasteiger partial charge in [-0.2, -0.15) is 0 Å². The van der Waals surface area contributed by atoms with Crippen molar-refractivity contribution in [1.29, 1.82) is 0 Å². The molecule has 0 atom stereocenters. The Hall–Kier alpha value is -1.09. The molecule has 0 amide bonds. The van der Waals surface area contributed by atoms with Crippen LogP contribution in [0.15, 0.2) is 29.8 Å². The van der Waals surface area contributed by atoms with Crippen LogP contribution >= 0.6 is 0 Å². The van der Waals surface area contributed by atoms with Gasteiger partial charge in [-0.3, -0.25) is 4.99 Å². The zero-order chi connectivity index (χ0) is 9.90. The first-order valence-corrected chi connectivity index (χ1v) is 5.19. The van der Waals surface area contributed by atoms with E-state index in [0.717, 1.165) is 0 Å². The van der Waals surface area contributed by atoms with E-state index in [0.29, 0.717) is 0 Å². The second-order valence-corrected chi connectivity index (χ2v) is 3.21. The van der Waals surface area contributed by atoms with E-state index in [1.54, 1.807) is 24.8 Å². The van der Waals surface area contributed by atoms with Gasteiger partial charge in [0.15, 0.2) is 0 Å². The third kappa shape index (κ3) is 6.43. The summed E-state index contributed by atoms with van der Waals surface area (Å²) >= 11 is 0. The van der Waals surface area contributed by atoms with Crippen molar-refractivity contribution in [3.8, 4) is 0 Å². The second kappa shape index (κ2) is 8.51. The van der Waals surface area contributed by atoms with Crippen molar-refractivity contribution in [1.82, 2.24) is 5.32 Å². The van der Waals surface area contributed by atoms with Gasteiger partial charge in [0.2, 0.25) is 0 Å². The zero-order valence-corrected chi connectivity index (χ0v) is 8.48. The molecule has 0 aromatic rings. The Morgan fingerprint density at radius 3 is 2.57 bits per heavy atom. The second-order valence-electron chi connectivity index (χ2n) is 3.21. The maximum absolute atomic E-state index is 4.71. The summed E-state index contributed by atoms with van der Waals surface area (Å²) in [5.74, 6) is 0. The van der Waals surface area contributed by atoms with Gasteiger partial charge in [-0.15, -0.1) is 0 Å². The average molecular weight is 194 g/mol. The molecular formula is C11H18N2O. The van der Waals surface area contributed by atoms with Crippen LogP contribution < -0.4 is 5.32 Å². The third-order valence-electron chi connectivity index (χ3n) is 2.01. The van der Waals surface area contributed by atoms with E-state index in [9.17, 15) is 0 Å². The summed E-state index contributed by atoms with van der Waals surface area (Å²) in [4.78, 5) is 3.75. The number of nitrogens with one attached hydrogen (secondary N) is 1. The van der Waals surface area contributed by atoms with Gasteiger partial charge in [0.1, 0.15) is 6.26 Å². The smallest absolute Gasteiger partial charge is 0.108 e. The van der Waals surface area contributed by atoms with E-state index >= 15 is 0 Å². The number of rotatable bonds is 0. The van der Waals surface area contributed by atoms with Crippen LogP contribution in [0.2, 0.25) is 0 Å². The topological polar surface area (TPSA) is 33.6 Å². The predicted octanol–water partition coefficient (Wildman–Crippen LogP) is 2.22. The van der Waals surface area contributed by atoms with Crippen molar-refractivity contribution in [3.63, 3.8) is 0 Å². The van der Waals surface area contributed by atoms with Crippen LogP contribution in [0.4, 0.5) is 0 Å². The molecule has 1 saturated heterocycles. The molecule has 14 heavy (non-hydrogen) atoms. The Bertz CT molecular complexity index is 176. The van der Waals surface area contributed by atoms with Crippen molar-refractivity contribution < 1.29 is 4.74 Å². The molecule has 0 bridgehead atoms. The van der Waals surface area contributed by atoms with Gasteiger partial charge in [0.25, 0.3) is 0 Å². The van der Waals surface area contributed by atoms with E-state index in [-0.39, 0.29) is 0 Å². The van der Waals surface area contributed by atoms with Crippen molar-refractivity contribution >= 4 is 6.21 Å². The lowest BCUT2D eigenvalue weighted by Gasteiger charge is -1.91. The van der Waals surface area contributed by atoms with E-state index in [2.05, 4.69) is 10.3 Å². The molecule has 0 aromatic heterocycles. The van der Waals surface area contributed by atoms with E-state index in [1.165, 1.54) is 45.0 Å². The van der Waals surface area contributed by atoms with Gasteiger partial charge in [-0.05, 0) is 32.0 Å². The summed E-state index contributed by atoms with van der Waals surface area (Å²) in [7, 11) is 0. The maximum atomic E-state index is 4.71. The Morgan fingerprint density at radius 2 is 1.79 bits per heavy atom.